The van der Waals surface area contributed by atoms with E-state index in [1.54, 1.807) is 22.4 Å². The second-order valence-corrected chi connectivity index (χ2v) is 11.5. The SMILES string of the molecule is CNC(=O)[C@H](CCCCNC(=N)N)NC(=O)c1csc([C@@H]2C[C@@H](N)CN2C(=O)c2nc3cc(Cl)ccc3s2)n1. The van der Waals surface area contributed by atoms with E-state index in [0.717, 1.165) is 4.70 Å². The smallest absolute Gasteiger partial charge is 0.283 e. The van der Waals surface area contributed by atoms with Crippen molar-refractivity contribution in [1.82, 2.24) is 30.8 Å². The van der Waals surface area contributed by atoms with Gasteiger partial charge in [0.25, 0.3) is 11.8 Å². The van der Waals surface area contributed by atoms with E-state index in [4.69, 9.17) is 28.5 Å². The fraction of sp³-hybridized carbons (Fsp3) is 0.417. The largest absolute Gasteiger partial charge is 0.370 e. The highest BCUT2D eigenvalue weighted by Gasteiger charge is 2.38. The zero-order valence-corrected chi connectivity index (χ0v) is 23.6. The van der Waals surface area contributed by atoms with Gasteiger partial charge in [-0.2, -0.15) is 0 Å². The highest BCUT2D eigenvalue weighted by atomic mass is 35.5. The maximum Gasteiger partial charge on any atom is 0.283 e. The first kappa shape index (κ1) is 28.7. The lowest BCUT2D eigenvalue weighted by Crippen LogP contribution is -2.45. The lowest BCUT2D eigenvalue weighted by atomic mass is 10.1. The number of likely N-dealkylation sites (tertiary alicyclic amines) is 1. The summed E-state index contributed by atoms with van der Waals surface area (Å²) in [6, 6.07) is 3.94. The molecule has 1 aliphatic heterocycles. The molecule has 0 unspecified atom stereocenters. The van der Waals surface area contributed by atoms with Crippen LogP contribution in [0.2, 0.25) is 5.02 Å². The van der Waals surface area contributed by atoms with Crippen LogP contribution in [0.15, 0.2) is 23.6 Å². The zero-order valence-electron chi connectivity index (χ0n) is 21.2. The summed E-state index contributed by atoms with van der Waals surface area (Å²) in [7, 11) is 1.51. The normalized spacial score (nSPS) is 17.7. The average molecular weight is 592 g/mol. The maximum atomic E-state index is 13.4. The van der Waals surface area contributed by atoms with Gasteiger partial charge in [0.15, 0.2) is 11.0 Å². The molecule has 0 aliphatic carbocycles. The third-order valence-corrected chi connectivity index (χ3v) is 8.48. The van der Waals surface area contributed by atoms with Crippen molar-refractivity contribution in [3.63, 3.8) is 0 Å². The molecule has 208 valence electrons. The third kappa shape index (κ3) is 7.01. The number of guanidine groups is 1. The van der Waals surface area contributed by atoms with Crippen LogP contribution in [0.4, 0.5) is 0 Å². The summed E-state index contributed by atoms with van der Waals surface area (Å²) >= 11 is 8.63. The van der Waals surface area contributed by atoms with Crippen molar-refractivity contribution in [1.29, 1.82) is 5.41 Å². The summed E-state index contributed by atoms with van der Waals surface area (Å²) in [4.78, 5) is 49.4. The number of likely N-dealkylation sites (N-methyl/N-ethyl adjacent to an activating group) is 1. The summed E-state index contributed by atoms with van der Waals surface area (Å²) in [5, 5.41) is 18.3. The zero-order chi connectivity index (χ0) is 28.1. The molecule has 0 bridgehead atoms. The Balaban J connectivity index is 1.43. The van der Waals surface area contributed by atoms with Gasteiger partial charge >= 0.3 is 0 Å². The summed E-state index contributed by atoms with van der Waals surface area (Å²) in [6.07, 6.45) is 2.23. The summed E-state index contributed by atoms with van der Waals surface area (Å²) in [5.74, 6) is -1.14. The van der Waals surface area contributed by atoms with E-state index in [-0.39, 0.29) is 29.5 Å². The number of fused-ring (bicyclic) bond motifs is 1. The first-order valence-electron chi connectivity index (χ1n) is 12.3. The first-order valence-corrected chi connectivity index (χ1v) is 14.4. The maximum absolute atomic E-state index is 13.4. The van der Waals surface area contributed by atoms with Crippen molar-refractivity contribution < 1.29 is 14.4 Å². The molecule has 2 aromatic heterocycles. The average Bonchev–Trinajstić information content (AvgIpc) is 3.64. The second kappa shape index (κ2) is 12.7. The molecule has 1 saturated heterocycles. The molecule has 1 aliphatic rings. The van der Waals surface area contributed by atoms with Crippen molar-refractivity contribution in [2.24, 2.45) is 11.5 Å². The molecule has 3 atom stereocenters. The van der Waals surface area contributed by atoms with Crippen LogP contribution in [0.25, 0.3) is 10.2 Å². The van der Waals surface area contributed by atoms with Gasteiger partial charge in [0.05, 0.1) is 16.3 Å². The van der Waals surface area contributed by atoms with Gasteiger partial charge in [-0.15, -0.1) is 22.7 Å². The minimum Gasteiger partial charge on any atom is -0.370 e. The molecule has 1 aromatic carbocycles. The van der Waals surface area contributed by atoms with Gasteiger partial charge in [-0.3, -0.25) is 19.8 Å². The van der Waals surface area contributed by atoms with Crippen LogP contribution in [0, 0.1) is 5.41 Å². The lowest BCUT2D eigenvalue weighted by Gasteiger charge is -2.21. The van der Waals surface area contributed by atoms with E-state index in [0.29, 0.717) is 59.3 Å². The van der Waals surface area contributed by atoms with Gasteiger partial charge in [0, 0.05) is 36.6 Å². The quantitative estimate of drug-likeness (QED) is 0.117. The highest BCUT2D eigenvalue weighted by molar-refractivity contribution is 7.20. The molecule has 0 radical (unpaired) electrons. The van der Waals surface area contributed by atoms with Crippen molar-refractivity contribution in [3.05, 3.63) is 44.3 Å². The Bertz CT molecular complexity index is 1380. The molecule has 1 fully saturated rings. The summed E-state index contributed by atoms with van der Waals surface area (Å²) in [5.41, 5.74) is 12.3. The van der Waals surface area contributed by atoms with Crippen molar-refractivity contribution in [2.45, 2.75) is 43.8 Å². The molecule has 15 heteroatoms. The van der Waals surface area contributed by atoms with Crippen molar-refractivity contribution >= 4 is 68.2 Å². The van der Waals surface area contributed by atoms with Crippen molar-refractivity contribution in [3.8, 4) is 0 Å². The van der Waals surface area contributed by atoms with E-state index < -0.39 is 18.0 Å². The standard InChI is InChI=1S/C24H30ClN9O3S2/c1-29-19(35)14(4-2-3-7-30-24(27)28)31-20(36)16-11-38-21(33-16)17-9-13(26)10-34(17)23(37)22-32-15-8-12(25)5-6-18(15)39-22/h5-6,8,11,13-14,17H,2-4,7,9-10,26H2,1H3,(H,29,35)(H,31,36)(H4,27,28,30)/t13-,14+,17+/m1/s1. The van der Waals surface area contributed by atoms with E-state index in [1.807, 2.05) is 6.07 Å². The molecule has 3 aromatic rings. The lowest BCUT2D eigenvalue weighted by molar-refractivity contribution is -0.122. The van der Waals surface area contributed by atoms with E-state index in [1.165, 1.54) is 29.7 Å². The first-order chi connectivity index (χ1) is 18.7. The van der Waals surface area contributed by atoms with Crippen molar-refractivity contribution in [2.75, 3.05) is 20.1 Å². The number of unbranched alkanes of at least 4 members (excludes halogenated alkanes) is 1. The number of nitrogens with one attached hydrogen (secondary N) is 4. The Morgan fingerprint density at radius 3 is 2.82 bits per heavy atom. The number of aromatic nitrogens is 2. The van der Waals surface area contributed by atoms with Crippen LogP contribution in [-0.2, 0) is 4.79 Å². The molecular weight excluding hydrogens is 562 g/mol. The van der Waals surface area contributed by atoms with Gasteiger partial charge in [-0.05, 0) is 43.9 Å². The van der Waals surface area contributed by atoms with E-state index >= 15 is 0 Å². The number of rotatable bonds is 10. The Morgan fingerprint density at radius 2 is 2.08 bits per heavy atom. The van der Waals surface area contributed by atoms with E-state index in [2.05, 4.69) is 25.9 Å². The molecule has 0 spiro atoms. The molecule has 12 nitrogen and oxygen atoms in total. The van der Waals surface area contributed by atoms with Crippen LogP contribution in [0.1, 0.15) is 57.0 Å². The van der Waals surface area contributed by atoms with Crippen LogP contribution in [0.3, 0.4) is 0 Å². The Labute approximate surface area is 238 Å². The molecule has 4 rings (SSSR count). The molecular formula is C24H30ClN9O3S2. The topological polar surface area (TPSA) is 192 Å². The van der Waals surface area contributed by atoms with Crippen LogP contribution in [0.5, 0.6) is 0 Å². The number of amides is 3. The number of nitrogens with two attached hydrogens (primary N) is 2. The second-order valence-electron chi connectivity index (χ2n) is 9.15. The number of carbonyl (C=O) groups excluding carboxylic acids is 3. The van der Waals surface area contributed by atoms with Gasteiger partial charge in [0.2, 0.25) is 5.91 Å². The molecule has 8 N–H and O–H groups in total. The minimum atomic E-state index is -0.740. The van der Waals surface area contributed by atoms with Crippen LogP contribution >= 0.6 is 34.3 Å². The number of nitrogens with zero attached hydrogens (tertiary/aromatic N) is 3. The minimum absolute atomic E-state index is 0.112. The molecule has 3 heterocycles. The predicted octanol–water partition coefficient (Wildman–Crippen LogP) is 1.82. The fourth-order valence-corrected chi connectivity index (χ4v) is 6.35. The van der Waals surface area contributed by atoms with Gasteiger partial charge in [-0.1, -0.05) is 11.6 Å². The monoisotopic (exact) mass is 591 g/mol. The van der Waals surface area contributed by atoms with Crippen LogP contribution in [-0.4, -0.2) is 70.8 Å². The van der Waals surface area contributed by atoms with E-state index in [9.17, 15) is 14.4 Å². The summed E-state index contributed by atoms with van der Waals surface area (Å²) in [6.45, 7) is 0.848. The molecule has 39 heavy (non-hydrogen) atoms. The molecule has 3 amide bonds. The highest BCUT2D eigenvalue weighted by Crippen LogP contribution is 2.36. The number of hydrogen-bond acceptors (Lipinski definition) is 9. The number of benzene rings is 1. The van der Waals surface area contributed by atoms with Gasteiger partial charge in [-0.25, -0.2) is 9.97 Å². The molecule has 0 saturated carbocycles. The fourth-order valence-electron chi connectivity index (χ4n) is 4.36. The Morgan fingerprint density at radius 1 is 1.28 bits per heavy atom. The third-order valence-electron chi connectivity index (χ3n) is 6.27. The number of carbonyl (C=O) groups is 3. The Kier molecular flexibility index (Phi) is 9.32. The van der Waals surface area contributed by atoms with Crippen LogP contribution < -0.4 is 27.4 Å². The predicted molar refractivity (Wildman–Crippen MR) is 152 cm³/mol. The number of halogens is 1. The number of thiazole rings is 2. The Hall–Kier alpha value is -3.33. The summed E-state index contributed by atoms with van der Waals surface area (Å²) < 4.78 is 0.858. The number of hydrogen-bond donors (Lipinski definition) is 6. The van der Waals surface area contributed by atoms with Gasteiger partial charge < -0.3 is 32.3 Å². The van der Waals surface area contributed by atoms with Gasteiger partial charge in [0.1, 0.15) is 16.7 Å².